The summed E-state index contributed by atoms with van der Waals surface area (Å²) in [4.78, 5) is 1.96. The maximum atomic E-state index is 13.2. The van der Waals surface area contributed by atoms with Gasteiger partial charge < -0.3 is 10.6 Å². The predicted octanol–water partition coefficient (Wildman–Crippen LogP) is 3.48. The van der Waals surface area contributed by atoms with E-state index in [-0.39, 0.29) is 11.9 Å². The van der Waals surface area contributed by atoms with Crippen LogP contribution < -0.4 is 10.6 Å². The third-order valence-corrected chi connectivity index (χ3v) is 3.08. The van der Waals surface area contributed by atoms with Crippen LogP contribution in [0.3, 0.4) is 0 Å². The Balaban J connectivity index is 2.17. The first-order valence-corrected chi connectivity index (χ1v) is 6.40. The molecule has 1 unspecified atom stereocenters. The lowest BCUT2D eigenvalue weighted by Gasteiger charge is -2.20. The number of rotatable bonds is 4. The minimum Gasteiger partial charge on any atom is -0.345 e. The van der Waals surface area contributed by atoms with Crippen molar-refractivity contribution in [1.29, 1.82) is 0 Å². The Bertz CT molecular complexity index is 535. The zero-order valence-corrected chi connectivity index (χ0v) is 11.3. The van der Waals surface area contributed by atoms with Crippen LogP contribution >= 0.6 is 0 Å². The summed E-state index contributed by atoms with van der Waals surface area (Å²) in [6, 6.07) is 14.9. The molecule has 0 saturated heterocycles. The van der Waals surface area contributed by atoms with Crippen molar-refractivity contribution in [1.82, 2.24) is 0 Å². The smallest absolute Gasteiger partial charge is 0.125 e. The van der Waals surface area contributed by atoms with E-state index in [9.17, 15) is 4.39 Å². The van der Waals surface area contributed by atoms with Crippen molar-refractivity contribution in [3.05, 3.63) is 59.9 Å². The molecule has 19 heavy (non-hydrogen) atoms. The van der Waals surface area contributed by atoms with Gasteiger partial charge in [-0.2, -0.15) is 0 Å². The standard InChI is InChI=1S/C16H19FN2/c1-12(18)10-13-6-8-15(9-7-13)19(2)16-5-3-4-14(17)11-16/h3-9,11-12H,10,18H2,1-2H3. The molecule has 0 amide bonds. The van der Waals surface area contributed by atoms with E-state index >= 15 is 0 Å². The first-order valence-electron chi connectivity index (χ1n) is 6.40. The number of hydrogen-bond acceptors (Lipinski definition) is 2. The molecule has 1 atom stereocenters. The minimum atomic E-state index is -0.224. The van der Waals surface area contributed by atoms with Crippen molar-refractivity contribution in [3.8, 4) is 0 Å². The molecular formula is C16H19FN2. The maximum absolute atomic E-state index is 13.2. The second-order valence-electron chi connectivity index (χ2n) is 4.89. The SMILES string of the molecule is CC(N)Cc1ccc(N(C)c2cccc(F)c2)cc1. The molecule has 0 fully saturated rings. The fourth-order valence-corrected chi connectivity index (χ4v) is 2.06. The summed E-state index contributed by atoms with van der Waals surface area (Å²) in [5.74, 6) is -0.224. The summed E-state index contributed by atoms with van der Waals surface area (Å²) in [5, 5.41) is 0. The van der Waals surface area contributed by atoms with Crippen molar-refractivity contribution < 1.29 is 4.39 Å². The fraction of sp³-hybridized carbons (Fsp3) is 0.250. The Morgan fingerprint density at radius 2 is 1.79 bits per heavy atom. The van der Waals surface area contributed by atoms with Crippen LogP contribution in [0.15, 0.2) is 48.5 Å². The van der Waals surface area contributed by atoms with Gasteiger partial charge in [-0.15, -0.1) is 0 Å². The number of anilines is 2. The van der Waals surface area contributed by atoms with Crippen LogP contribution in [-0.4, -0.2) is 13.1 Å². The first-order chi connectivity index (χ1) is 9.06. The quantitative estimate of drug-likeness (QED) is 0.909. The van der Waals surface area contributed by atoms with Crippen molar-refractivity contribution >= 4 is 11.4 Å². The molecular weight excluding hydrogens is 239 g/mol. The molecule has 0 aliphatic heterocycles. The molecule has 2 aromatic rings. The summed E-state index contributed by atoms with van der Waals surface area (Å²) in [6.07, 6.45) is 0.865. The Kier molecular flexibility index (Phi) is 4.17. The highest BCUT2D eigenvalue weighted by molar-refractivity contribution is 5.62. The van der Waals surface area contributed by atoms with Crippen LogP contribution in [0.1, 0.15) is 12.5 Å². The lowest BCUT2D eigenvalue weighted by molar-refractivity contribution is 0.628. The number of nitrogens with two attached hydrogens (primary N) is 1. The number of benzene rings is 2. The third kappa shape index (κ3) is 3.55. The van der Waals surface area contributed by atoms with E-state index in [1.165, 1.54) is 17.7 Å². The second-order valence-corrected chi connectivity index (χ2v) is 4.89. The van der Waals surface area contributed by atoms with Crippen LogP contribution in [0, 0.1) is 5.82 Å². The van der Waals surface area contributed by atoms with E-state index in [0.717, 1.165) is 17.8 Å². The van der Waals surface area contributed by atoms with Crippen LogP contribution in [0.4, 0.5) is 15.8 Å². The lowest BCUT2D eigenvalue weighted by atomic mass is 10.1. The minimum absolute atomic E-state index is 0.159. The molecule has 3 heteroatoms. The molecule has 2 aromatic carbocycles. The van der Waals surface area contributed by atoms with Crippen molar-refractivity contribution in [2.24, 2.45) is 5.73 Å². The molecule has 0 bridgehead atoms. The van der Waals surface area contributed by atoms with E-state index in [1.54, 1.807) is 6.07 Å². The van der Waals surface area contributed by atoms with E-state index in [1.807, 2.05) is 37.1 Å². The molecule has 0 radical (unpaired) electrons. The molecule has 0 aliphatic rings. The van der Waals surface area contributed by atoms with E-state index in [0.29, 0.717) is 0 Å². The van der Waals surface area contributed by atoms with Gasteiger partial charge in [0.15, 0.2) is 0 Å². The van der Waals surface area contributed by atoms with Gasteiger partial charge in [0.05, 0.1) is 0 Å². The molecule has 0 aromatic heterocycles. The van der Waals surface area contributed by atoms with Gasteiger partial charge in [-0.25, -0.2) is 4.39 Å². The van der Waals surface area contributed by atoms with Gasteiger partial charge in [-0.1, -0.05) is 18.2 Å². The normalized spacial score (nSPS) is 12.2. The molecule has 2 nitrogen and oxygen atoms in total. The van der Waals surface area contributed by atoms with Gasteiger partial charge in [0.25, 0.3) is 0 Å². The van der Waals surface area contributed by atoms with Gasteiger partial charge in [0.1, 0.15) is 5.82 Å². The molecule has 2 rings (SSSR count). The van der Waals surface area contributed by atoms with Crippen molar-refractivity contribution in [2.75, 3.05) is 11.9 Å². The molecule has 2 N–H and O–H groups in total. The number of nitrogens with zero attached hydrogens (tertiary/aromatic N) is 1. The zero-order valence-electron chi connectivity index (χ0n) is 11.3. The van der Waals surface area contributed by atoms with Crippen LogP contribution in [0.25, 0.3) is 0 Å². The van der Waals surface area contributed by atoms with Gasteiger partial charge in [0, 0.05) is 24.5 Å². The Hall–Kier alpha value is -1.87. The Morgan fingerprint density at radius 1 is 1.11 bits per heavy atom. The molecule has 0 aliphatic carbocycles. The summed E-state index contributed by atoms with van der Waals surface area (Å²) < 4.78 is 13.2. The third-order valence-electron chi connectivity index (χ3n) is 3.08. The average Bonchev–Trinajstić information content (AvgIpc) is 2.38. The predicted molar refractivity (Wildman–Crippen MR) is 78.3 cm³/mol. The monoisotopic (exact) mass is 258 g/mol. The van der Waals surface area contributed by atoms with Gasteiger partial charge >= 0.3 is 0 Å². The first kappa shape index (κ1) is 13.6. The summed E-state index contributed by atoms with van der Waals surface area (Å²) in [7, 11) is 1.93. The number of halogens is 1. The molecule has 0 spiro atoms. The Labute approximate surface area is 113 Å². The van der Waals surface area contributed by atoms with Gasteiger partial charge in [-0.3, -0.25) is 0 Å². The molecule has 0 saturated carbocycles. The molecule has 0 heterocycles. The zero-order chi connectivity index (χ0) is 13.8. The maximum Gasteiger partial charge on any atom is 0.125 e. The summed E-state index contributed by atoms with van der Waals surface area (Å²) in [5.41, 5.74) is 8.85. The molecule has 100 valence electrons. The van der Waals surface area contributed by atoms with E-state index < -0.39 is 0 Å². The topological polar surface area (TPSA) is 29.3 Å². The summed E-state index contributed by atoms with van der Waals surface area (Å²) >= 11 is 0. The highest BCUT2D eigenvalue weighted by Crippen LogP contribution is 2.24. The van der Waals surface area contributed by atoms with Gasteiger partial charge in [-0.05, 0) is 49.2 Å². The van der Waals surface area contributed by atoms with E-state index in [4.69, 9.17) is 5.73 Å². The van der Waals surface area contributed by atoms with Gasteiger partial charge in [0.2, 0.25) is 0 Å². The average molecular weight is 258 g/mol. The second kappa shape index (κ2) is 5.85. The highest BCUT2D eigenvalue weighted by Gasteiger charge is 2.05. The van der Waals surface area contributed by atoms with Crippen LogP contribution in [0.2, 0.25) is 0 Å². The van der Waals surface area contributed by atoms with Crippen molar-refractivity contribution in [2.45, 2.75) is 19.4 Å². The fourth-order valence-electron chi connectivity index (χ4n) is 2.06. The summed E-state index contributed by atoms with van der Waals surface area (Å²) in [6.45, 7) is 1.99. The van der Waals surface area contributed by atoms with Crippen LogP contribution in [0.5, 0.6) is 0 Å². The Morgan fingerprint density at radius 3 is 2.37 bits per heavy atom. The highest BCUT2D eigenvalue weighted by atomic mass is 19.1. The van der Waals surface area contributed by atoms with E-state index in [2.05, 4.69) is 12.1 Å². The number of hydrogen-bond donors (Lipinski definition) is 1. The largest absolute Gasteiger partial charge is 0.345 e. The lowest BCUT2D eigenvalue weighted by Crippen LogP contribution is -2.17. The van der Waals surface area contributed by atoms with Crippen LogP contribution in [-0.2, 0) is 6.42 Å². The van der Waals surface area contributed by atoms with Crippen molar-refractivity contribution in [3.63, 3.8) is 0 Å².